The maximum Gasteiger partial charge on any atom is 0.131 e. The fraction of sp³-hybridized carbons (Fsp3) is 0.182. The van der Waals surface area contributed by atoms with Crippen molar-refractivity contribution in [1.29, 1.82) is 0 Å². The van der Waals surface area contributed by atoms with Crippen LogP contribution < -0.4 is 0 Å². The van der Waals surface area contributed by atoms with Gasteiger partial charge >= 0.3 is 0 Å². The molecule has 0 unspecified atom stereocenters. The Morgan fingerprint density at radius 3 is 2.92 bits per heavy atom. The topological polar surface area (TPSA) is 26.0 Å². The lowest BCUT2D eigenvalue weighted by Gasteiger charge is -1.88. The molecule has 0 atom stereocenters. The summed E-state index contributed by atoms with van der Waals surface area (Å²) in [6.07, 6.45) is 9.07. The van der Waals surface area contributed by atoms with E-state index in [0.717, 1.165) is 11.3 Å². The molecule has 0 aliphatic heterocycles. The number of nitrogens with zero attached hydrogens (tertiary/aromatic N) is 1. The molecule has 1 aromatic rings. The van der Waals surface area contributed by atoms with Gasteiger partial charge in [0.05, 0.1) is 0 Å². The number of allylic oxidation sites excluding steroid dienone is 3. The molecule has 2 heteroatoms. The van der Waals surface area contributed by atoms with Crippen molar-refractivity contribution in [1.82, 2.24) is 5.16 Å². The van der Waals surface area contributed by atoms with Crippen LogP contribution in [0.4, 0.5) is 0 Å². The summed E-state index contributed by atoms with van der Waals surface area (Å²) in [7, 11) is 0. The molecule has 0 fully saturated rings. The second-order valence-corrected chi connectivity index (χ2v) is 2.97. The van der Waals surface area contributed by atoms with E-state index in [1.54, 1.807) is 12.3 Å². The average molecular weight is 175 g/mol. The molecular formula is C11H13NO. The Labute approximate surface area is 78.2 Å². The van der Waals surface area contributed by atoms with Crippen LogP contribution in [0.1, 0.15) is 25.1 Å². The normalized spacial score (nSPS) is 10.3. The second-order valence-electron chi connectivity index (χ2n) is 2.97. The first kappa shape index (κ1) is 9.52. The van der Waals surface area contributed by atoms with Crippen molar-refractivity contribution in [2.24, 2.45) is 0 Å². The maximum absolute atomic E-state index is 4.86. The van der Waals surface area contributed by atoms with Crippen molar-refractivity contribution in [3.8, 4) is 0 Å². The van der Waals surface area contributed by atoms with Gasteiger partial charge in [0.15, 0.2) is 0 Å². The number of aromatic nitrogens is 1. The van der Waals surface area contributed by atoms with Crippen LogP contribution in [0, 0.1) is 0 Å². The SMILES string of the molecule is C=C/C=C\c1nocc1C=C(C)C. The van der Waals surface area contributed by atoms with Crippen molar-refractivity contribution in [3.63, 3.8) is 0 Å². The summed E-state index contributed by atoms with van der Waals surface area (Å²) in [6.45, 7) is 7.66. The van der Waals surface area contributed by atoms with Gasteiger partial charge in [-0.05, 0) is 19.9 Å². The van der Waals surface area contributed by atoms with Crippen molar-refractivity contribution in [2.45, 2.75) is 13.8 Å². The molecule has 0 N–H and O–H groups in total. The standard InChI is InChI=1S/C11H13NO/c1-4-5-6-11-10(7-9(2)3)8-13-12-11/h4-8H,1H2,2-3H3/b6-5-. The van der Waals surface area contributed by atoms with Crippen molar-refractivity contribution < 1.29 is 4.52 Å². The van der Waals surface area contributed by atoms with Gasteiger partial charge in [-0.15, -0.1) is 0 Å². The summed E-state index contributed by atoms with van der Waals surface area (Å²) in [5, 5.41) is 3.85. The third-order valence-electron chi connectivity index (χ3n) is 1.46. The fourth-order valence-corrected chi connectivity index (χ4v) is 0.958. The number of rotatable bonds is 3. The van der Waals surface area contributed by atoms with Gasteiger partial charge in [-0.25, -0.2) is 0 Å². The first-order valence-corrected chi connectivity index (χ1v) is 4.12. The molecule has 1 rings (SSSR count). The fourth-order valence-electron chi connectivity index (χ4n) is 0.958. The van der Waals surface area contributed by atoms with Gasteiger partial charge < -0.3 is 4.52 Å². The minimum Gasteiger partial charge on any atom is -0.364 e. The van der Waals surface area contributed by atoms with Crippen LogP contribution in [0.3, 0.4) is 0 Å². The van der Waals surface area contributed by atoms with E-state index in [9.17, 15) is 0 Å². The Morgan fingerprint density at radius 1 is 1.54 bits per heavy atom. The zero-order chi connectivity index (χ0) is 9.68. The molecule has 0 spiro atoms. The third kappa shape index (κ3) is 2.75. The van der Waals surface area contributed by atoms with Crippen molar-refractivity contribution >= 4 is 12.2 Å². The zero-order valence-corrected chi connectivity index (χ0v) is 7.95. The summed E-state index contributed by atoms with van der Waals surface area (Å²) >= 11 is 0. The smallest absolute Gasteiger partial charge is 0.131 e. The van der Waals surface area contributed by atoms with E-state index in [1.807, 2.05) is 32.1 Å². The zero-order valence-electron chi connectivity index (χ0n) is 7.95. The molecule has 0 bridgehead atoms. The van der Waals surface area contributed by atoms with Crippen LogP contribution in [0.2, 0.25) is 0 Å². The van der Waals surface area contributed by atoms with Crippen molar-refractivity contribution in [2.75, 3.05) is 0 Å². The molecule has 0 saturated carbocycles. The lowest BCUT2D eigenvalue weighted by atomic mass is 10.2. The van der Waals surface area contributed by atoms with Crippen LogP contribution in [0.15, 0.2) is 35.1 Å². The van der Waals surface area contributed by atoms with Gasteiger partial charge in [-0.1, -0.05) is 35.5 Å². The van der Waals surface area contributed by atoms with Gasteiger partial charge in [0.1, 0.15) is 12.0 Å². The molecular weight excluding hydrogens is 162 g/mol. The Hall–Kier alpha value is -1.57. The minimum atomic E-state index is 0.834. The quantitative estimate of drug-likeness (QED) is 0.659. The molecule has 0 aliphatic carbocycles. The number of hydrogen-bond acceptors (Lipinski definition) is 2. The molecule has 0 saturated heterocycles. The third-order valence-corrected chi connectivity index (χ3v) is 1.46. The molecule has 0 aliphatic rings. The Bertz CT molecular complexity index is 341. The highest BCUT2D eigenvalue weighted by atomic mass is 16.5. The highest BCUT2D eigenvalue weighted by molar-refractivity contribution is 5.62. The predicted octanol–water partition coefficient (Wildman–Crippen LogP) is 3.30. The van der Waals surface area contributed by atoms with E-state index in [1.165, 1.54) is 5.57 Å². The van der Waals surface area contributed by atoms with Crippen LogP contribution in [-0.2, 0) is 0 Å². The largest absolute Gasteiger partial charge is 0.364 e. The Kier molecular flexibility index (Phi) is 3.26. The van der Waals surface area contributed by atoms with E-state index < -0.39 is 0 Å². The molecule has 1 heterocycles. The van der Waals surface area contributed by atoms with Gasteiger partial charge in [-0.2, -0.15) is 0 Å². The van der Waals surface area contributed by atoms with Crippen LogP contribution >= 0.6 is 0 Å². The maximum atomic E-state index is 4.86. The summed E-state index contributed by atoms with van der Waals surface area (Å²) in [5.74, 6) is 0. The Morgan fingerprint density at radius 2 is 2.31 bits per heavy atom. The minimum absolute atomic E-state index is 0.834. The second kappa shape index (κ2) is 4.45. The monoisotopic (exact) mass is 175 g/mol. The van der Waals surface area contributed by atoms with Crippen molar-refractivity contribution in [3.05, 3.63) is 41.8 Å². The van der Waals surface area contributed by atoms with E-state index in [2.05, 4.69) is 11.7 Å². The number of hydrogen-bond donors (Lipinski definition) is 0. The first-order chi connectivity index (χ1) is 6.24. The van der Waals surface area contributed by atoms with Gasteiger partial charge in [0, 0.05) is 5.56 Å². The van der Waals surface area contributed by atoms with Crippen LogP contribution in [0.5, 0.6) is 0 Å². The lowest BCUT2D eigenvalue weighted by Crippen LogP contribution is -1.75. The van der Waals surface area contributed by atoms with E-state index in [0.29, 0.717) is 0 Å². The highest BCUT2D eigenvalue weighted by Gasteiger charge is 1.99. The van der Waals surface area contributed by atoms with Crippen LogP contribution in [-0.4, -0.2) is 5.16 Å². The summed E-state index contributed by atoms with van der Waals surface area (Å²) < 4.78 is 4.86. The highest BCUT2D eigenvalue weighted by Crippen LogP contribution is 2.12. The molecule has 13 heavy (non-hydrogen) atoms. The lowest BCUT2D eigenvalue weighted by molar-refractivity contribution is 0.418. The predicted molar refractivity (Wildman–Crippen MR) is 55.1 cm³/mol. The molecule has 2 nitrogen and oxygen atoms in total. The molecule has 1 aromatic heterocycles. The summed E-state index contributed by atoms with van der Waals surface area (Å²) in [6, 6.07) is 0. The Balaban J connectivity index is 2.95. The van der Waals surface area contributed by atoms with Gasteiger partial charge in [0.2, 0.25) is 0 Å². The molecule has 0 radical (unpaired) electrons. The van der Waals surface area contributed by atoms with E-state index >= 15 is 0 Å². The molecule has 0 aromatic carbocycles. The van der Waals surface area contributed by atoms with E-state index in [-0.39, 0.29) is 0 Å². The van der Waals surface area contributed by atoms with E-state index in [4.69, 9.17) is 4.52 Å². The average Bonchev–Trinajstić information content (AvgIpc) is 2.48. The first-order valence-electron chi connectivity index (χ1n) is 4.12. The van der Waals surface area contributed by atoms with Gasteiger partial charge in [0.25, 0.3) is 0 Å². The molecule has 68 valence electrons. The summed E-state index contributed by atoms with van der Waals surface area (Å²) in [4.78, 5) is 0. The van der Waals surface area contributed by atoms with Crippen LogP contribution in [0.25, 0.3) is 12.2 Å². The molecule has 0 amide bonds. The summed E-state index contributed by atoms with van der Waals surface area (Å²) in [5.41, 5.74) is 3.05. The van der Waals surface area contributed by atoms with Gasteiger partial charge in [-0.3, -0.25) is 0 Å².